The molecule has 1 amide bonds. The van der Waals surface area contributed by atoms with Gasteiger partial charge in [-0.3, -0.25) is 4.79 Å². The first-order chi connectivity index (χ1) is 15.7. The highest BCUT2D eigenvalue weighted by atomic mass is 32.2. The number of imidazole rings is 1. The van der Waals surface area contributed by atoms with Crippen molar-refractivity contribution in [2.75, 3.05) is 25.9 Å². The molecule has 33 heavy (non-hydrogen) atoms. The van der Waals surface area contributed by atoms with Crippen LogP contribution in [0.1, 0.15) is 26.3 Å². The molecular formula is C23H29FN4O3S2. The lowest BCUT2D eigenvalue weighted by Gasteiger charge is -2.18. The van der Waals surface area contributed by atoms with Crippen LogP contribution in [0.25, 0.3) is 11.0 Å². The third-order valence-electron chi connectivity index (χ3n) is 5.46. The minimum atomic E-state index is -3.59. The van der Waals surface area contributed by atoms with E-state index in [4.69, 9.17) is 0 Å². The number of aryl methyl sites for hydroxylation is 1. The summed E-state index contributed by atoms with van der Waals surface area (Å²) < 4.78 is 43.0. The predicted octanol–water partition coefficient (Wildman–Crippen LogP) is 3.98. The lowest BCUT2D eigenvalue weighted by atomic mass is 10.2. The first-order valence-corrected chi connectivity index (χ1v) is 13.3. The molecule has 10 heteroatoms. The Morgan fingerprint density at radius 1 is 1.12 bits per heavy atom. The number of amides is 1. The summed E-state index contributed by atoms with van der Waals surface area (Å²) in [4.78, 5) is 18.9. The number of carbonyl (C=O) groups excluding carboxylic acids is 1. The lowest BCUT2D eigenvalue weighted by Crippen LogP contribution is -2.30. The van der Waals surface area contributed by atoms with Crippen molar-refractivity contribution >= 4 is 38.7 Å². The molecule has 0 spiro atoms. The third-order valence-corrected chi connectivity index (χ3v) is 8.47. The van der Waals surface area contributed by atoms with Gasteiger partial charge in [0.2, 0.25) is 15.9 Å². The van der Waals surface area contributed by atoms with E-state index < -0.39 is 10.0 Å². The second-order valence-corrected chi connectivity index (χ2v) is 10.4. The van der Waals surface area contributed by atoms with E-state index in [0.717, 1.165) is 5.52 Å². The summed E-state index contributed by atoms with van der Waals surface area (Å²) in [6.45, 7) is 7.18. The highest BCUT2D eigenvalue weighted by molar-refractivity contribution is 7.99. The fourth-order valence-electron chi connectivity index (χ4n) is 3.58. The molecule has 0 bridgehead atoms. The summed E-state index contributed by atoms with van der Waals surface area (Å²) in [5.74, 6) is -0.352. The van der Waals surface area contributed by atoms with Crippen molar-refractivity contribution in [2.45, 2.75) is 43.9 Å². The molecular weight excluding hydrogens is 463 g/mol. The lowest BCUT2D eigenvalue weighted by molar-refractivity contribution is -0.127. The van der Waals surface area contributed by atoms with E-state index in [1.165, 1.54) is 27.0 Å². The Hall–Kier alpha value is -2.43. The molecule has 0 saturated heterocycles. The number of thioether (sulfide) groups is 1. The largest absolute Gasteiger partial charge is 0.341 e. The Morgan fingerprint density at radius 2 is 1.82 bits per heavy atom. The highest BCUT2D eigenvalue weighted by Crippen LogP contribution is 2.27. The maximum Gasteiger partial charge on any atom is 0.243 e. The second-order valence-electron chi connectivity index (χ2n) is 7.51. The maximum absolute atomic E-state index is 13.9. The summed E-state index contributed by atoms with van der Waals surface area (Å²) in [5.41, 5.74) is 1.84. The molecule has 0 N–H and O–H groups in total. The molecule has 2 aromatic carbocycles. The normalized spacial score (nSPS) is 11.9. The molecule has 0 aliphatic rings. The van der Waals surface area contributed by atoms with E-state index in [1.54, 1.807) is 57.3 Å². The van der Waals surface area contributed by atoms with E-state index in [9.17, 15) is 17.6 Å². The molecule has 3 rings (SSSR count). The molecule has 1 heterocycles. The number of halogens is 1. The van der Waals surface area contributed by atoms with Crippen molar-refractivity contribution in [2.24, 2.45) is 0 Å². The van der Waals surface area contributed by atoms with Crippen molar-refractivity contribution in [3.05, 3.63) is 53.8 Å². The van der Waals surface area contributed by atoms with Gasteiger partial charge >= 0.3 is 0 Å². The molecule has 1 aromatic heterocycles. The van der Waals surface area contributed by atoms with Crippen LogP contribution in [0.15, 0.2) is 52.5 Å². The van der Waals surface area contributed by atoms with Crippen LogP contribution in [0.2, 0.25) is 0 Å². The number of fused-ring (bicyclic) bond motifs is 1. The zero-order chi connectivity index (χ0) is 24.2. The van der Waals surface area contributed by atoms with Gasteiger partial charge in [0, 0.05) is 38.8 Å². The Labute approximate surface area is 198 Å². The summed E-state index contributed by atoms with van der Waals surface area (Å²) in [5, 5.41) is 0.637. The fraction of sp³-hybridized carbons (Fsp3) is 0.391. The molecule has 0 saturated carbocycles. The Bertz CT molecular complexity index is 1240. The van der Waals surface area contributed by atoms with Gasteiger partial charge in [-0.05, 0) is 31.2 Å². The van der Waals surface area contributed by atoms with E-state index in [1.807, 2.05) is 11.5 Å². The highest BCUT2D eigenvalue weighted by Gasteiger charge is 2.23. The zero-order valence-corrected chi connectivity index (χ0v) is 20.9. The third kappa shape index (κ3) is 5.39. The van der Waals surface area contributed by atoms with Gasteiger partial charge in [-0.15, -0.1) is 0 Å². The Morgan fingerprint density at radius 3 is 2.45 bits per heavy atom. The number of rotatable bonds is 10. The van der Waals surface area contributed by atoms with E-state index in [0.29, 0.717) is 35.9 Å². The van der Waals surface area contributed by atoms with Gasteiger partial charge in [0.25, 0.3) is 0 Å². The van der Waals surface area contributed by atoms with Gasteiger partial charge in [0.15, 0.2) is 5.16 Å². The number of hydrogen-bond donors (Lipinski definition) is 0. The molecule has 0 aliphatic heterocycles. The predicted molar refractivity (Wildman–Crippen MR) is 129 cm³/mol. The molecule has 7 nitrogen and oxygen atoms in total. The molecule has 178 valence electrons. The van der Waals surface area contributed by atoms with Crippen molar-refractivity contribution in [3.8, 4) is 0 Å². The van der Waals surface area contributed by atoms with Gasteiger partial charge in [-0.2, -0.15) is 4.31 Å². The van der Waals surface area contributed by atoms with Crippen LogP contribution in [-0.4, -0.2) is 59.0 Å². The van der Waals surface area contributed by atoms with Crippen LogP contribution in [-0.2, 0) is 27.9 Å². The second kappa shape index (κ2) is 10.7. The molecule has 3 aromatic rings. The minimum Gasteiger partial charge on any atom is -0.341 e. The summed E-state index contributed by atoms with van der Waals surface area (Å²) in [7, 11) is -1.95. The number of benzene rings is 2. The zero-order valence-electron chi connectivity index (χ0n) is 19.3. The average Bonchev–Trinajstić information content (AvgIpc) is 3.16. The summed E-state index contributed by atoms with van der Waals surface area (Å²) in [6, 6.07) is 11.3. The van der Waals surface area contributed by atoms with Gasteiger partial charge in [-0.25, -0.2) is 17.8 Å². The molecule has 0 unspecified atom stereocenters. The number of nitrogens with zero attached hydrogens (tertiary/aromatic N) is 4. The fourth-order valence-corrected chi connectivity index (χ4v) is 6.08. The summed E-state index contributed by atoms with van der Waals surface area (Å²) >= 11 is 1.28. The van der Waals surface area contributed by atoms with Crippen LogP contribution in [0.3, 0.4) is 0 Å². The Balaban J connectivity index is 1.79. The number of sulfonamides is 1. The molecule has 0 atom stereocenters. The first-order valence-electron chi connectivity index (χ1n) is 10.8. The van der Waals surface area contributed by atoms with Crippen LogP contribution < -0.4 is 0 Å². The molecule has 0 radical (unpaired) electrons. The van der Waals surface area contributed by atoms with Crippen molar-refractivity contribution < 1.29 is 17.6 Å². The van der Waals surface area contributed by atoms with Crippen LogP contribution in [0.4, 0.5) is 4.39 Å². The van der Waals surface area contributed by atoms with Crippen molar-refractivity contribution in [1.29, 1.82) is 0 Å². The average molecular weight is 493 g/mol. The van der Waals surface area contributed by atoms with E-state index in [-0.39, 0.29) is 28.9 Å². The van der Waals surface area contributed by atoms with Crippen LogP contribution in [0, 0.1) is 5.82 Å². The SMILES string of the molecule is CCN(CC)S(=O)(=O)c1ccc2c(c1)nc(SCC(=O)N(C)Cc1ccccc1F)n2CC. The molecule has 0 fully saturated rings. The van der Waals surface area contributed by atoms with Gasteiger partial charge in [0.1, 0.15) is 5.82 Å². The van der Waals surface area contributed by atoms with E-state index >= 15 is 0 Å². The van der Waals surface area contributed by atoms with Gasteiger partial charge in [-0.1, -0.05) is 43.8 Å². The monoisotopic (exact) mass is 492 g/mol. The number of carbonyl (C=O) groups is 1. The smallest absolute Gasteiger partial charge is 0.243 e. The van der Waals surface area contributed by atoms with Crippen molar-refractivity contribution in [1.82, 2.24) is 18.8 Å². The topological polar surface area (TPSA) is 75.5 Å². The number of hydrogen-bond acceptors (Lipinski definition) is 5. The van der Waals surface area contributed by atoms with Gasteiger partial charge in [0.05, 0.1) is 21.7 Å². The standard InChI is InChI=1S/C23H29FN4O3S2/c1-5-27(6-2)33(30,31)18-12-13-21-20(14-18)25-23(28(21)7-3)32-16-22(29)26(4)15-17-10-8-9-11-19(17)24/h8-14H,5-7,15-16H2,1-4H3. The number of aromatic nitrogens is 2. The van der Waals surface area contributed by atoms with Gasteiger partial charge < -0.3 is 9.47 Å². The summed E-state index contributed by atoms with van der Waals surface area (Å²) in [6.07, 6.45) is 0. The van der Waals surface area contributed by atoms with Crippen LogP contribution in [0.5, 0.6) is 0 Å². The van der Waals surface area contributed by atoms with Crippen LogP contribution >= 0.6 is 11.8 Å². The first kappa shape index (κ1) is 25.2. The molecule has 0 aliphatic carbocycles. The quantitative estimate of drug-likeness (QED) is 0.400. The minimum absolute atomic E-state index is 0.138. The van der Waals surface area contributed by atoms with E-state index in [2.05, 4.69) is 4.98 Å². The Kier molecular flexibility index (Phi) is 8.14. The van der Waals surface area contributed by atoms with Crippen molar-refractivity contribution in [3.63, 3.8) is 0 Å². The maximum atomic E-state index is 13.9.